The first-order valence-corrected chi connectivity index (χ1v) is 6.14. The summed E-state index contributed by atoms with van der Waals surface area (Å²) < 4.78 is 0. The van der Waals surface area contributed by atoms with Crippen molar-refractivity contribution in [1.82, 2.24) is 0 Å². The predicted octanol–water partition coefficient (Wildman–Crippen LogP) is 5.19. The SMILES string of the molecule is Oc1ccc2ccccc2c1C=Nc1ccccc1.[CH3-].[CH3-].[Ti+2]. The van der Waals surface area contributed by atoms with E-state index >= 15 is 0 Å². The third-order valence-electron chi connectivity index (χ3n) is 3.05. The van der Waals surface area contributed by atoms with E-state index in [0.717, 1.165) is 22.0 Å². The van der Waals surface area contributed by atoms with E-state index in [1.54, 1.807) is 12.3 Å². The molecule has 1 N–H and O–H groups in total. The number of fused-ring (bicyclic) bond motifs is 1. The molecule has 0 aliphatic carbocycles. The van der Waals surface area contributed by atoms with Crippen molar-refractivity contribution in [2.75, 3.05) is 0 Å². The minimum Gasteiger partial charge on any atom is -0.507 e. The number of rotatable bonds is 2. The Morgan fingerprint density at radius 1 is 0.773 bits per heavy atom. The molecule has 22 heavy (non-hydrogen) atoms. The minimum absolute atomic E-state index is 0. The van der Waals surface area contributed by atoms with Crippen LogP contribution in [0.3, 0.4) is 0 Å². The molecule has 0 saturated heterocycles. The molecule has 110 valence electrons. The molecule has 0 radical (unpaired) electrons. The molecule has 0 fully saturated rings. The number of nitrogens with zero attached hydrogens (tertiary/aromatic N) is 1. The van der Waals surface area contributed by atoms with Crippen molar-refractivity contribution in [3.8, 4) is 5.75 Å². The van der Waals surface area contributed by atoms with E-state index in [-0.39, 0.29) is 42.3 Å². The van der Waals surface area contributed by atoms with Crippen LogP contribution in [0.25, 0.3) is 10.8 Å². The van der Waals surface area contributed by atoms with E-state index in [2.05, 4.69) is 4.99 Å². The number of phenolic OH excluding ortho intramolecular Hbond substituents is 1. The Hall–Kier alpha value is -1.90. The van der Waals surface area contributed by atoms with Crippen LogP contribution in [-0.4, -0.2) is 11.3 Å². The molecule has 0 amide bonds. The second kappa shape index (κ2) is 9.19. The van der Waals surface area contributed by atoms with Gasteiger partial charge in [-0.25, -0.2) is 0 Å². The van der Waals surface area contributed by atoms with Crippen molar-refractivity contribution < 1.29 is 26.8 Å². The second-order valence-electron chi connectivity index (χ2n) is 4.31. The zero-order chi connectivity index (χ0) is 13.1. The van der Waals surface area contributed by atoms with Gasteiger partial charge in [0.15, 0.2) is 0 Å². The molecule has 0 aromatic heterocycles. The fourth-order valence-corrected chi connectivity index (χ4v) is 2.07. The fraction of sp³-hybridized carbons (Fsp3) is 0. The van der Waals surface area contributed by atoms with Gasteiger partial charge in [-0.2, -0.15) is 0 Å². The number of aliphatic imine (C=N–C) groups is 1. The van der Waals surface area contributed by atoms with Crippen LogP contribution in [0.4, 0.5) is 5.69 Å². The molecule has 0 spiro atoms. The smallest absolute Gasteiger partial charge is 0.507 e. The summed E-state index contributed by atoms with van der Waals surface area (Å²) >= 11 is 0. The van der Waals surface area contributed by atoms with Crippen LogP contribution in [0, 0.1) is 14.9 Å². The maximum absolute atomic E-state index is 10.00. The Morgan fingerprint density at radius 3 is 2.14 bits per heavy atom. The van der Waals surface area contributed by atoms with Crippen LogP contribution < -0.4 is 0 Å². The Kier molecular flexibility index (Phi) is 8.40. The molecule has 0 aliphatic rings. The van der Waals surface area contributed by atoms with E-state index in [9.17, 15) is 5.11 Å². The zero-order valence-electron chi connectivity index (χ0n) is 12.8. The summed E-state index contributed by atoms with van der Waals surface area (Å²) in [7, 11) is 0. The number of phenols is 1. The molecule has 0 atom stereocenters. The Balaban J connectivity index is 0.00000147. The first-order valence-electron chi connectivity index (χ1n) is 6.14. The Labute approximate surface area is 147 Å². The Morgan fingerprint density at radius 2 is 1.41 bits per heavy atom. The predicted molar refractivity (Wildman–Crippen MR) is 92.1 cm³/mol. The zero-order valence-corrected chi connectivity index (χ0v) is 14.4. The van der Waals surface area contributed by atoms with Crippen molar-refractivity contribution in [3.05, 3.63) is 87.1 Å². The van der Waals surface area contributed by atoms with E-state index in [0.29, 0.717) is 0 Å². The van der Waals surface area contributed by atoms with Crippen molar-refractivity contribution in [1.29, 1.82) is 0 Å². The summed E-state index contributed by atoms with van der Waals surface area (Å²) in [6.07, 6.45) is 1.72. The molecule has 3 aromatic rings. The first kappa shape index (κ1) is 20.1. The molecular formula is C19H19NOTi. The number of aromatic hydroxyl groups is 1. The van der Waals surface area contributed by atoms with Crippen LogP contribution in [-0.2, 0) is 21.7 Å². The maximum atomic E-state index is 10.00. The topological polar surface area (TPSA) is 32.6 Å². The maximum Gasteiger partial charge on any atom is 2.00 e. The molecule has 0 heterocycles. The van der Waals surface area contributed by atoms with Crippen LogP contribution in [0.2, 0.25) is 0 Å². The molecule has 2 nitrogen and oxygen atoms in total. The van der Waals surface area contributed by atoms with Gasteiger partial charge in [0, 0.05) is 11.8 Å². The van der Waals surface area contributed by atoms with Gasteiger partial charge in [-0.3, -0.25) is 4.99 Å². The van der Waals surface area contributed by atoms with Gasteiger partial charge in [-0.05, 0) is 29.0 Å². The Bertz CT molecular complexity index is 739. The monoisotopic (exact) mass is 325 g/mol. The third-order valence-corrected chi connectivity index (χ3v) is 3.05. The van der Waals surface area contributed by atoms with Gasteiger partial charge in [0.2, 0.25) is 0 Å². The summed E-state index contributed by atoms with van der Waals surface area (Å²) in [5, 5.41) is 12.1. The fourth-order valence-electron chi connectivity index (χ4n) is 2.07. The number of para-hydroxylation sites is 1. The second-order valence-corrected chi connectivity index (χ2v) is 4.31. The third kappa shape index (κ3) is 4.30. The van der Waals surface area contributed by atoms with Gasteiger partial charge in [0.1, 0.15) is 5.75 Å². The molecule has 3 rings (SSSR count). The number of hydrogen-bond donors (Lipinski definition) is 1. The van der Waals surface area contributed by atoms with E-state index < -0.39 is 0 Å². The van der Waals surface area contributed by atoms with Crippen LogP contribution >= 0.6 is 0 Å². The van der Waals surface area contributed by atoms with Gasteiger partial charge in [0.25, 0.3) is 0 Å². The summed E-state index contributed by atoms with van der Waals surface area (Å²) in [4.78, 5) is 4.40. The summed E-state index contributed by atoms with van der Waals surface area (Å²) in [5.41, 5.74) is 1.62. The summed E-state index contributed by atoms with van der Waals surface area (Å²) in [5.74, 6) is 0.249. The van der Waals surface area contributed by atoms with Crippen molar-refractivity contribution in [2.24, 2.45) is 4.99 Å². The normalized spacial score (nSPS) is 9.64. The standard InChI is InChI=1S/C17H13NO.2CH3.Ti/c19-17-11-10-13-6-4-5-9-15(13)16(17)12-18-14-7-2-1-3-8-14;;;/h1-12,19H;2*1H3;/q;2*-1;+2. The minimum atomic E-state index is 0. The van der Waals surface area contributed by atoms with E-state index in [4.69, 9.17) is 0 Å². The van der Waals surface area contributed by atoms with E-state index in [1.165, 1.54) is 0 Å². The first-order chi connectivity index (χ1) is 9.34. The molecule has 3 aromatic carbocycles. The average Bonchev–Trinajstić information content (AvgIpc) is 2.47. The average molecular weight is 325 g/mol. The van der Waals surface area contributed by atoms with Gasteiger partial charge in [0.05, 0.1) is 5.69 Å². The molecular weight excluding hydrogens is 306 g/mol. The molecule has 0 saturated carbocycles. The van der Waals surface area contributed by atoms with Crippen molar-refractivity contribution in [3.63, 3.8) is 0 Å². The van der Waals surface area contributed by atoms with Crippen molar-refractivity contribution >= 4 is 22.7 Å². The van der Waals surface area contributed by atoms with Gasteiger partial charge < -0.3 is 20.0 Å². The summed E-state index contributed by atoms with van der Waals surface area (Å²) in [6.45, 7) is 0. The number of hydrogen-bond acceptors (Lipinski definition) is 2. The van der Waals surface area contributed by atoms with Gasteiger partial charge in [-0.1, -0.05) is 48.5 Å². The van der Waals surface area contributed by atoms with Gasteiger partial charge >= 0.3 is 21.7 Å². The van der Waals surface area contributed by atoms with Crippen LogP contribution in [0.5, 0.6) is 5.75 Å². The van der Waals surface area contributed by atoms with E-state index in [1.807, 2.05) is 60.7 Å². The summed E-state index contributed by atoms with van der Waals surface area (Å²) in [6, 6.07) is 21.3. The largest absolute Gasteiger partial charge is 2.00 e. The molecule has 0 unspecified atom stereocenters. The van der Waals surface area contributed by atoms with Gasteiger partial charge in [-0.15, -0.1) is 0 Å². The van der Waals surface area contributed by atoms with Crippen LogP contribution in [0.15, 0.2) is 71.7 Å². The van der Waals surface area contributed by atoms with Crippen LogP contribution in [0.1, 0.15) is 5.56 Å². The quantitative estimate of drug-likeness (QED) is 0.392. The van der Waals surface area contributed by atoms with Crippen molar-refractivity contribution in [2.45, 2.75) is 0 Å². The molecule has 0 bridgehead atoms. The molecule has 3 heteroatoms. The number of benzene rings is 3. The molecule has 0 aliphatic heterocycles.